The van der Waals surface area contributed by atoms with Crippen LogP contribution in [0, 0.1) is 11.8 Å². The minimum atomic E-state index is -0.353. The van der Waals surface area contributed by atoms with E-state index in [2.05, 4.69) is 17.1 Å². The van der Waals surface area contributed by atoms with Crippen molar-refractivity contribution in [2.75, 3.05) is 38.9 Å². The number of hydrogen-bond acceptors (Lipinski definition) is 7. The molecule has 1 aliphatic carbocycles. The van der Waals surface area contributed by atoms with Gasteiger partial charge < -0.3 is 29.5 Å². The average Bonchev–Trinajstić information content (AvgIpc) is 3.43. The van der Waals surface area contributed by atoms with Crippen molar-refractivity contribution in [1.82, 2.24) is 9.80 Å². The molecule has 1 fully saturated rings. The molecule has 5 rings (SSSR count). The number of nitrogens with one attached hydrogen (secondary N) is 1. The van der Waals surface area contributed by atoms with E-state index in [4.69, 9.17) is 14.2 Å². The fourth-order valence-electron chi connectivity index (χ4n) is 5.85. The molecule has 3 aliphatic rings. The van der Waals surface area contributed by atoms with Crippen molar-refractivity contribution in [3.8, 4) is 17.2 Å². The fourth-order valence-corrected chi connectivity index (χ4v) is 5.85. The van der Waals surface area contributed by atoms with E-state index in [9.17, 15) is 14.7 Å². The number of amides is 2. The maximum Gasteiger partial charge on any atom is 0.258 e. The van der Waals surface area contributed by atoms with Crippen molar-refractivity contribution in [3.05, 3.63) is 47.5 Å². The summed E-state index contributed by atoms with van der Waals surface area (Å²) in [7, 11) is 2.05. The van der Waals surface area contributed by atoms with Crippen LogP contribution in [-0.2, 0) is 11.3 Å². The monoisotopic (exact) mass is 551 g/mol. The fraction of sp³-hybridized carbons (Fsp3) is 0.548. The van der Waals surface area contributed by atoms with Crippen LogP contribution in [0.5, 0.6) is 17.2 Å². The highest BCUT2D eigenvalue weighted by Gasteiger charge is 2.34. The van der Waals surface area contributed by atoms with Gasteiger partial charge in [-0.15, -0.1) is 0 Å². The molecule has 2 N–H and O–H groups in total. The normalized spacial score (nSPS) is 21.8. The van der Waals surface area contributed by atoms with Gasteiger partial charge >= 0.3 is 0 Å². The molecule has 2 aromatic rings. The first-order valence-electron chi connectivity index (χ1n) is 14.4. The minimum absolute atomic E-state index is 0.0102. The first-order chi connectivity index (χ1) is 19.3. The standard InChI is InChI=1S/C31H41N3O6/c1-20-15-34(21(2)18-35)31(37)25-14-24(32-30(36)23-7-5-4-6-8-23)10-12-26(25)40-29(20)17-33(3)16-22-9-11-27-28(13-22)39-19-38-27/h9-14,20-21,23,29,35H,4-8,15-19H2,1-3H3,(H,32,36)/t20-,21+,29+/m0/s1. The number of anilines is 1. The quantitative estimate of drug-likeness (QED) is 0.505. The van der Waals surface area contributed by atoms with Crippen LogP contribution in [0.1, 0.15) is 61.9 Å². The molecule has 2 amide bonds. The van der Waals surface area contributed by atoms with Crippen LogP contribution in [0.25, 0.3) is 0 Å². The minimum Gasteiger partial charge on any atom is -0.488 e. The van der Waals surface area contributed by atoms with Crippen LogP contribution in [-0.4, -0.2) is 72.4 Å². The molecule has 9 nitrogen and oxygen atoms in total. The molecule has 0 aromatic heterocycles. The Morgan fingerprint density at radius 2 is 1.85 bits per heavy atom. The van der Waals surface area contributed by atoms with E-state index >= 15 is 0 Å². The molecule has 2 heterocycles. The van der Waals surface area contributed by atoms with Crippen LogP contribution in [0.15, 0.2) is 36.4 Å². The number of fused-ring (bicyclic) bond motifs is 2. The summed E-state index contributed by atoms with van der Waals surface area (Å²) in [4.78, 5) is 30.5. The topological polar surface area (TPSA) is 101 Å². The molecular weight excluding hydrogens is 510 g/mol. The number of aliphatic hydroxyl groups is 1. The van der Waals surface area contributed by atoms with Crippen molar-refractivity contribution < 1.29 is 28.9 Å². The van der Waals surface area contributed by atoms with Crippen molar-refractivity contribution in [2.45, 2.75) is 64.6 Å². The van der Waals surface area contributed by atoms with Crippen LogP contribution in [0.3, 0.4) is 0 Å². The zero-order valence-corrected chi connectivity index (χ0v) is 23.7. The van der Waals surface area contributed by atoms with E-state index < -0.39 is 0 Å². The maximum absolute atomic E-state index is 13.7. The highest BCUT2D eigenvalue weighted by Crippen LogP contribution is 2.34. The van der Waals surface area contributed by atoms with Gasteiger partial charge in [0.2, 0.25) is 12.7 Å². The second-order valence-corrected chi connectivity index (χ2v) is 11.5. The Balaban J connectivity index is 1.35. The first kappa shape index (κ1) is 28.2. The summed E-state index contributed by atoms with van der Waals surface area (Å²) in [5, 5.41) is 13.0. The molecule has 2 aromatic carbocycles. The average molecular weight is 552 g/mol. The largest absolute Gasteiger partial charge is 0.488 e. The molecule has 3 atom stereocenters. The Kier molecular flexibility index (Phi) is 8.81. The number of carbonyl (C=O) groups is 2. The lowest BCUT2D eigenvalue weighted by Gasteiger charge is -2.38. The Morgan fingerprint density at radius 1 is 1.10 bits per heavy atom. The van der Waals surface area contributed by atoms with Crippen LogP contribution >= 0.6 is 0 Å². The lowest BCUT2D eigenvalue weighted by molar-refractivity contribution is -0.120. The molecule has 40 heavy (non-hydrogen) atoms. The summed E-state index contributed by atoms with van der Waals surface area (Å²) in [6.45, 7) is 5.80. The van der Waals surface area contributed by atoms with Gasteiger partial charge in [-0.3, -0.25) is 14.5 Å². The van der Waals surface area contributed by atoms with Crippen LogP contribution in [0.2, 0.25) is 0 Å². The smallest absolute Gasteiger partial charge is 0.258 e. The molecule has 216 valence electrons. The van der Waals surface area contributed by atoms with Crippen molar-refractivity contribution >= 4 is 17.5 Å². The summed E-state index contributed by atoms with van der Waals surface area (Å²) in [6.07, 6.45) is 4.93. The summed E-state index contributed by atoms with van der Waals surface area (Å²) < 4.78 is 17.5. The third-order valence-electron chi connectivity index (χ3n) is 8.29. The predicted octanol–water partition coefficient (Wildman–Crippen LogP) is 4.29. The molecule has 0 unspecified atom stereocenters. The molecule has 2 aliphatic heterocycles. The number of benzene rings is 2. The molecular formula is C31H41N3O6. The number of likely N-dealkylation sites (N-methyl/N-ethyl adjacent to an activating group) is 1. The molecule has 0 radical (unpaired) electrons. The highest BCUT2D eigenvalue weighted by molar-refractivity contribution is 6.00. The van der Waals surface area contributed by atoms with Gasteiger partial charge in [0.1, 0.15) is 11.9 Å². The van der Waals surface area contributed by atoms with E-state index in [1.807, 2.05) is 38.2 Å². The van der Waals surface area contributed by atoms with E-state index in [1.165, 1.54) is 6.42 Å². The molecule has 0 saturated heterocycles. The number of nitrogens with zero attached hydrogens (tertiary/aromatic N) is 2. The third kappa shape index (κ3) is 6.36. The van der Waals surface area contributed by atoms with Gasteiger partial charge in [0.25, 0.3) is 5.91 Å². The highest BCUT2D eigenvalue weighted by atomic mass is 16.7. The Bertz CT molecular complexity index is 1210. The summed E-state index contributed by atoms with van der Waals surface area (Å²) in [5.74, 6) is 1.84. The first-order valence-corrected chi connectivity index (χ1v) is 14.4. The summed E-state index contributed by atoms with van der Waals surface area (Å²) >= 11 is 0. The van der Waals surface area contributed by atoms with Gasteiger partial charge in [0.05, 0.1) is 18.2 Å². The summed E-state index contributed by atoms with van der Waals surface area (Å²) in [6, 6.07) is 10.9. The number of aliphatic hydroxyl groups excluding tert-OH is 1. The molecule has 9 heteroatoms. The van der Waals surface area contributed by atoms with Gasteiger partial charge in [-0.25, -0.2) is 0 Å². The molecule has 1 saturated carbocycles. The Hall–Kier alpha value is -3.30. The van der Waals surface area contributed by atoms with Crippen molar-refractivity contribution in [3.63, 3.8) is 0 Å². The Labute approximate surface area is 236 Å². The lowest BCUT2D eigenvalue weighted by atomic mass is 9.88. The van der Waals surface area contributed by atoms with Crippen LogP contribution < -0.4 is 19.5 Å². The van der Waals surface area contributed by atoms with E-state index in [-0.39, 0.29) is 49.2 Å². The van der Waals surface area contributed by atoms with E-state index in [0.717, 1.165) is 42.7 Å². The summed E-state index contributed by atoms with van der Waals surface area (Å²) in [5.41, 5.74) is 2.10. The number of carbonyl (C=O) groups excluding carboxylic acids is 2. The van der Waals surface area contributed by atoms with Crippen LogP contribution in [0.4, 0.5) is 5.69 Å². The van der Waals surface area contributed by atoms with E-state index in [0.29, 0.717) is 36.6 Å². The zero-order chi connectivity index (χ0) is 28.2. The lowest BCUT2D eigenvalue weighted by Crippen LogP contribution is -2.49. The predicted molar refractivity (Wildman–Crippen MR) is 152 cm³/mol. The second-order valence-electron chi connectivity index (χ2n) is 11.5. The maximum atomic E-state index is 13.7. The van der Waals surface area contributed by atoms with Gasteiger partial charge in [-0.05, 0) is 62.7 Å². The molecule has 0 bridgehead atoms. The second kappa shape index (κ2) is 12.5. The third-order valence-corrected chi connectivity index (χ3v) is 8.29. The molecule has 0 spiro atoms. The number of ether oxygens (including phenoxy) is 3. The SMILES string of the molecule is C[C@H](CO)N1C[C@H](C)[C@@H](CN(C)Cc2ccc3c(c2)OCO3)Oc2ccc(NC(=O)C3CCCCC3)cc2C1=O. The zero-order valence-electron chi connectivity index (χ0n) is 23.7. The van der Waals surface area contributed by atoms with Gasteiger partial charge in [0.15, 0.2) is 11.5 Å². The number of rotatable bonds is 8. The van der Waals surface area contributed by atoms with Crippen molar-refractivity contribution in [2.24, 2.45) is 11.8 Å². The Morgan fingerprint density at radius 3 is 2.62 bits per heavy atom. The van der Waals surface area contributed by atoms with Crippen molar-refractivity contribution in [1.29, 1.82) is 0 Å². The van der Waals surface area contributed by atoms with Gasteiger partial charge in [-0.2, -0.15) is 0 Å². The van der Waals surface area contributed by atoms with E-state index in [1.54, 1.807) is 17.0 Å². The van der Waals surface area contributed by atoms with Gasteiger partial charge in [-0.1, -0.05) is 32.3 Å². The number of hydrogen-bond donors (Lipinski definition) is 2. The van der Waals surface area contributed by atoms with Gasteiger partial charge in [0, 0.05) is 37.2 Å².